The van der Waals surface area contributed by atoms with E-state index < -0.39 is 18.7 Å². The van der Waals surface area contributed by atoms with Crippen molar-refractivity contribution in [2.75, 3.05) is 0 Å². The van der Waals surface area contributed by atoms with Crippen molar-refractivity contribution in [2.45, 2.75) is 12.8 Å². The third-order valence-electron chi connectivity index (χ3n) is 2.53. The molecule has 0 radical (unpaired) electrons. The molecule has 0 heterocycles. The van der Waals surface area contributed by atoms with E-state index in [0.29, 0.717) is 0 Å². The molecule has 11 heteroatoms. The standard InChI is InChI=1S/C6H6.2C5H5.2ClHO3S.Zr/c1-2-4-6-5-3-1;2*1-2-4-5-3-1;2*1-5(2,3)4;/h1-6H;2*1-3H,4H2;2*(H,2,3,4);/q;;;;;+2/p-2. The second-order valence-electron chi connectivity index (χ2n) is 4.71. The van der Waals surface area contributed by atoms with Crippen molar-refractivity contribution in [3.63, 3.8) is 0 Å². The van der Waals surface area contributed by atoms with Gasteiger partial charge < -0.3 is 9.11 Å². The Hall–Kier alpha value is -0.537. The van der Waals surface area contributed by atoms with Crippen LogP contribution in [0.1, 0.15) is 12.8 Å². The van der Waals surface area contributed by atoms with Crippen LogP contribution < -0.4 is 0 Å². The Bertz CT molecular complexity index is 776. The molecule has 6 nitrogen and oxygen atoms in total. The molecule has 146 valence electrons. The zero-order chi connectivity index (χ0) is 20.8. The van der Waals surface area contributed by atoms with Gasteiger partial charge in [-0.1, -0.05) is 36.4 Å². The second kappa shape index (κ2) is 14.5. The van der Waals surface area contributed by atoms with E-state index in [1.54, 1.807) is 6.56 Å². The summed E-state index contributed by atoms with van der Waals surface area (Å²) in [7, 11) is -0.995. The summed E-state index contributed by atoms with van der Waals surface area (Å²) in [6, 6.07) is 12.0. The van der Waals surface area contributed by atoms with E-state index in [4.69, 9.17) is 25.9 Å². The molecule has 0 amide bonds. The van der Waals surface area contributed by atoms with Crippen LogP contribution in [-0.2, 0) is 41.9 Å². The summed E-state index contributed by atoms with van der Waals surface area (Å²) in [5, 5.41) is 0. The number of benzene rings is 1. The molecule has 0 spiro atoms. The monoisotopic (exact) mass is 528 g/mol. The molecule has 0 unspecified atom stereocenters. The third kappa shape index (κ3) is 25.5. The number of halogens is 2. The molecule has 3 rings (SSSR count). The molecule has 0 saturated carbocycles. The fourth-order valence-corrected chi connectivity index (χ4v) is 4.65. The van der Waals surface area contributed by atoms with Crippen molar-refractivity contribution in [1.82, 2.24) is 0 Å². The average Bonchev–Trinajstić information content (AvgIpc) is 3.21. The number of hydrogen-bond acceptors (Lipinski definition) is 6. The van der Waals surface area contributed by atoms with Crippen molar-refractivity contribution < 1.29 is 49.2 Å². The summed E-state index contributed by atoms with van der Waals surface area (Å²) < 4.78 is 56.5. The minimum atomic E-state index is -4.44. The first-order chi connectivity index (χ1) is 12.4. The van der Waals surface area contributed by atoms with Crippen LogP contribution in [0.5, 0.6) is 0 Å². The van der Waals surface area contributed by atoms with Crippen molar-refractivity contribution >= 4 is 40.0 Å². The van der Waals surface area contributed by atoms with Gasteiger partial charge in [-0.25, -0.2) is 16.8 Å². The van der Waals surface area contributed by atoms with Crippen molar-refractivity contribution in [1.29, 1.82) is 0 Å². The fraction of sp³-hybridized carbons (Fsp3) is 0.125. The van der Waals surface area contributed by atoms with Gasteiger partial charge in [-0.15, -0.1) is 0 Å². The predicted octanol–water partition coefficient (Wildman–Crippen LogP) is 3.81. The summed E-state index contributed by atoms with van der Waals surface area (Å²) in [6.07, 6.45) is 16.0. The van der Waals surface area contributed by atoms with Gasteiger partial charge in [0.05, 0.1) is 0 Å². The van der Waals surface area contributed by atoms with Crippen LogP contribution in [0.15, 0.2) is 79.4 Å². The average molecular weight is 531 g/mol. The summed E-state index contributed by atoms with van der Waals surface area (Å²) in [5.41, 5.74) is 0. The zero-order valence-electron chi connectivity index (χ0n) is 13.9. The van der Waals surface area contributed by atoms with E-state index in [9.17, 15) is 0 Å². The van der Waals surface area contributed by atoms with E-state index in [0.717, 1.165) is 0 Å². The Labute approximate surface area is 180 Å². The van der Waals surface area contributed by atoms with Crippen LogP contribution in [0.4, 0.5) is 0 Å². The Morgan fingerprint density at radius 2 is 0.963 bits per heavy atom. The molecule has 0 aliphatic heterocycles. The molecule has 0 saturated heterocycles. The number of rotatable bonds is 2. The molecule has 0 aromatic heterocycles. The minimum Gasteiger partial charge on any atom is -0.735 e. The third-order valence-corrected chi connectivity index (χ3v) is 5.93. The van der Waals surface area contributed by atoms with Crippen LogP contribution in [0.25, 0.3) is 0 Å². The summed E-state index contributed by atoms with van der Waals surface area (Å²) in [5.74, 6) is 0. The largest absolute Gasteiger partial charge is 0.735 e. The number of hydrogen-bond donors (Lipinski definition) is 0. The summed E-state index contributed by atoms with van der Waals surface area (Å²) in [6.45, 7) is 0. The molecular weight excluding hydrogens is 514 g/mol. The maximum absolute atomic E-state index is 8.84. The first-order valence-corrected chi connectivity index (χ1v) is 14.2. The summed E-state index contributed by atoms with van der Waals surface area (Å²) in [4.78, 5) is 0. The molecule has 0 fully saturated rings. The quantitative estimate of drug-likeness (QED) is 0.424. The zero-order valence-corrected chi connectivity index (χ0v) is 19.5. The van der Waals surface area contributed by atoms with Crippen molar-refractivity contribution in [3.05, 3.63) is 79.4 Å². The number of allylic oxidation sites excluding steroid dienone is 8. The SMILES string of the molecule is C1=CC[C]([Zr+2][C]2=CC=CC2)=C1.O=S(=O)([O-])Cl.O=S(=O)([O-])Cl.c1ccccc1. The maximum atomic E-state index is 8.84. The minimum absolute atomic E-state index is 0.312. The van der Waals surface area contributed by atoms with E-state index in [-0.39, 0.29) is 23.2 Å². The van der Waals surface area contributed by atoms with Gasteiger partial charge in [0.1, 0.15) is 0 Å². The first kappa shape index (κ1) is 26.5. The van der Waals surface area contributed by atoms with Gasteiger partial charge in [-0.3, -0.25) is 0 Å². The van der Waals surface area contributed by atoms with E-state index in [1.807, 2.05) is 36.4 Å². The van der Waals surface area contributed by atoms with Gasteiger partial charge in [0.2, 0.25) is 0 Å². The second-order valence-corrected chi connectivity index (χ2v) is 12.3. The molecule has 0 bridgehead atoms. The molecule has 2 aliphatic carbocycles. The fourth-order valence-electron chi connectivity index (χ4n) is 1.67. The molecule has 27 heavy (non-hydrogen) atoms. The van der Waals surface area contributed by atoms with Crippen molar-refractivity contribution in [3.8, 4) is 0 Å². The molecule has 1 aromatic rings. The van der Waals surface area contributed by atoms with Gasteiger partial charge in [0, 0.05) is 21.4 Å². The first-order valence-electron chi connectivity index (χ1n) is 7.24. The van der Waals surface area contributed by atoms with Crippen LogP contribution in [-0.4, -0.2) is 25.9 Å². The topological polar surface area (TPSA) is 114 Å². The van der Waals surface area contributed by atoms with Gasteiger partial charge >= 0.3 is 79.1 Å². The van der Waals surface area contributed by atoms with Crippen LogP contribution in [0, 0.1) is 0 Å². The van der Waals surface area contributed by atoms with Gasteiger partial charge in [-0.2, -0.15) is 0 Å². The van der Waals surface area contributed by atoms with Gasteiger partial charge in [-0.05, 0) is 0 Å². The van der Waals surface area contributed by atoms with E-state index in [2.05, 4.69) is 57.8 Å². The molecular formula is C16H16Cl2O6S2Zr. The van der Waals surface area contributed by atoms with Crippen LogP contribution >= 0.6 is 21.4 Å². The van der Waals surface area contributed by atoms with E-state index in [1.165, 1.54) is 12.8 Å². The van der Waals surface area contributed by atoms with E-state index >= 15 is 0 Å². The normalized spacial score (nSPS) is 14.2. The van der Waals surface area contributed by atoms with Crippen LogP contribution in [0.2, 0.25) is 0 Å². The summed E-state index contributed by atoms with van der Waals surface area (Å²) >= 11 is -0.312. The molecule has 1 aromatic carbocycles. The Balaban J connectivity index is 0.000000364. The van der Waals surface area contributed by atoms with Crippen LogP contribution in [0.3, 0.4) is 0 Å². The maximum Gasteiger partial charge on any atom is 0.181 e. The Morgan fingerprint density at radius 3 is 1.15 bits per heavy atom. The smallest absolute Gasteiger partial charge is 0.181 e. The molecule has 2 aliphatic rings. The molecule has 0 N–H and O–H groups in total. The van der Waals surface area contributed by atoms with Gasteiger partial charge in [0.25, 0.3) is 0 Å². The van der Waals surface area contributed by atoms with Crippen molar-refractivity contribution in [2.24, 2.45) is 0 Å². The Kier molecular flexibility index (Phi) is 14.2. The molecule has 0 atom stereocenters. The van der Waals surface area contributed by atoms with Gasteiger partial charge in [0.15, 0.2) is 18.7 Å². The Morgan fingerprint density at radius 1 is 0.704 bits per heavy atom. The predicted molar refractivity (Wildman–Crippen MR) is 101 cm³/mol.